The van der Waals surface area contributed by atoms with Gasteiger partial charge in [0.05, 0.1) is 6.54 Å². The Labute approximate surface area is 135 Å². The molecule has 3 N–H and O–H groups in total. The topological polar surface area (TPSA) is 58.4 Å². The fourth-order valence-corrected chi connectivity index (χ4v) is 3.76. The molecule has 3 unspecified atom stereocenters. The van der Waals surface area contributed by atoms with E-state index in [1.54, 1.807) is 0 Å². The van der Waals surface area contributed by atoms with Crippen molar-refractivity contribution < 1.29 is 4.79 Å². The van der Waals surface area contributed by atoms with Gasteiger partial charge in [0.1, 0.15) is 0 Å². The van der Waals surface area contributed by atoms with Crippen molar-refractivity contribution in [2.75, 3.05) is 19.6 Å². The number of likely N-dealkylation sites (tertiary alicyclic amines) is 1. The van der Waals surface area contributed by atoms with Crippen LogP contribution in [-0.4, -0.2) is 42.5 Å². The van der Waals surface area contributed by atoms with Crippen LogP contribution in [0.3, 0.4) is 0 Å². The zero-order valence-corrected chi connectivity index (χ0v) is 14.2. The molecule has 1 heterocycles. The lowest BCUT2D eigenvalue weighted by molar-refractivity contribution is -0.124. The minimum Gasteiger partial charge on any atom is -0.352 e. The van der Waals surface area contributed by atoms with Gasteiger partial charge in [0.15, 0.2) is 0 Å². The Morgan fingerprint density at radius 3 is 2.62 bits per heavy atom. The third-order valence-electron chi connectivity index (χ3n) is 5.05. The molecule has 0 aromatic rings. The summed E-state index contributed by atoms with van der Waals surface area (Å²) in [5, 5.41) is 3.27. The van der Waals surface area contributed by atoms with E-state index < -0.39 is 0 Å². The number of hydrogen-bond donors (Lipinski definition) is 2. The third-order valence-corrected chi connectivity index (χ3v) is 5.05. The van der Waals surface area contributed by atoms with E-state index in [-0.39, 0.29) is 18.3 Å². The second-order valence-corrected chi connectivity index (χ2v) is 6.63. The average Bonchev–Trinajstić information content (AvgIpc) is 2.44. The predicted molar refractivity (Wildman–Crippen MR) is 89.7 cm³/mol. The van der Waals surface area contributed by atoms with E-state index >= 15 is 0 Å². The Balaban J connectivity index is 0.00000220. The van der Waals surface area contributed by atoms with Gasteiger partial charge in [-0.25, -0.2) is 0 Å². The van der Waals surface area contributed by atoms with Gasteiger partial charge in [-0.2, -0.15) is 0 Å². The molecule has 1 amide bonds. The Morgan fingerprint density at radius 1 is 1.19 bits per heavy atom. The van der Waals surface area contributed by atoms with Crippen molar-refractivity contribution in [2.24, 2.45) is 11.7 Å². The summed E-state index contributed by atoms with van der Waals surface area (Å²) in [4.78, 5) is 14.6. The van der Waals surface area contributed by atoms with E-state index in [2.05, 4.69) is 17.1 Å². The molecule has 0 spiro atoms. The molecule has 2 fully saturated rings. The van der Waals surface area contributed by atoms with Crippen LogP contribution in [-0.2, 0) is 4.79 Å². The molecule has 2 aliphatic rings. The maximum absolute atomic E-state index is 12.3. The van der Waals surface area contributed by atoms with E-state index in [1.165, 1.54) is 38.5 Å². The summed E-state index contributed by atoms with van der Waals surface area (Å²) >= 11 is 0. The van der Waals surface area contributed by atoms with E-state index in [9.17, 15) is 4.79 Å². The van der Waals surface area contributed by atoms with Gasteiger partial charge in [0.25, 0.3) is 0 Å². The zero-order chi connectivity index (χ0) is 14.4. The van der Waals surface area contributed by atoms with Crippen molar-refractivity contribution >= 4 is 18.3 Å². The molecule has 2 rings (SSSR count). The van der Waals surface area contributed by atoms with Gasteiger partial charge in [-0.15, -0.1) is 12.4 Å². The van der Waals surface area contributed by atoms with Crippen LogP contribution in [0, 0.1) is 5.92 Å². The quantitative estimate of drug-likeness (QED) is 0.818. The highest BCUT2D eigenvalue weighted by atomic mass is 35.5. The van der Waals surface area contributed by atoms with Crippen LogP contribution >= 0.6 is 12.4 Å². The number of halogens is 1. The molecular weight excluding hydrogens is 286 g/mol. The highest BCUT2D eigenvalue weighted by Crippen LogP contribution is 2.24. The van der Waals surface area contributed by atoms with E-state index in [4.69, 9.17) is 5.73 Å². The number of carbonyl (C=O) groups is 1. The molecule has 1 saturated heterocycles. The molecule has 1 aliphatic heterocycles. The lowest BCUT2D eigenvalue weighted by Gasteiger charge is -2.36. The van der Waals surface area contributed by atoms with Gasteiger partial charge in [0, 0.05) is 12.1 Å². The molecule has 0 radical (unpaired) electrons. The summed E-state index contributed by atoms with van der Waals surface area (Å²) in [5.41, 5.74) is 5.69. The second-order valence-electron chi connectivity index (χ2n) is 6.63. The molecule has 1 saturated carbocycles. The Bertz CT molecular complexity index is 312. The molecule has 124 valence electrons. The maximum atomic E-state index is 12.3. The average molecular weight is 318 g/mol. The van der Waals surface area contributed by atoms with E-state index in [1.807, 2.05) is 0 Å². The fraction of sp³-hybridized carbons (Fsp3) is 0.938. The van der Waals surface area contributed by atoms with Crippen molar-refractivity contribution in [1.82, 2.24) is 10.2 Å². The van der Waals surface area contributed by atoms with Crippen molar-refractivity contribution in [2.45, 2.75) is 70.4 Å². The third kappa shape index (κ3) is 5.76. The monoisotopic (exact) mass is 317 g/mol. The largest absolute Gasteiger partial charge is 0.352 e. The number of piperidine rings is 1. The lowest BCUT2D eigenvalue weighted by Crippen LogP contribution is -2.49. The molecule has 21 heavy (non-hydrogen) atoms. The molecule has 3 atom stereocenters. The highest BCUT2D eigenvalue weighted by Gasteiger charge is 2.26. The van der Waals surface area contributed by atoms with Crippen molar-refractivity contribution in [3.8, 4) is 0 Å². The van der Waals surface area contributed by atoms with E-state index in [0.29, 0.717) is 24.5 Å². The van der Waals surface area contributed by atoms with Crippen LogP contribution in [0.5, 0.6) is 0 Å². The van der Waals surface area contributed by atoms with Crippen molar-refractivity contribution in [1.29, 1.82) is 0 Å². The molecule has 4 nitrogen and oxygen atoms in total. The summed E-state index contributed by atoms with van der Waals surface area (Å²) < 4.78 is 0. The normalized spacial score (nSPS) is 30.5. The SMILES string of the molecule is CC1CCCCC1NC(=O)CN1CCCCC1CCN.Cl. The Kier molecular flexibility index (Phi) is 8.60. The number of nitrogens with zero attached hydrogens (tertiary/aromatic N) is 1. The van der Waals surface area contributed by atoms with Gasteiger partial charge < -0.3 is 11.1 Å². The lowest BCUT2D eigenvalue weighted by atomic mass is 9.86. The Morgan fingerprint density at radius 2 is 1.90 bits per heavy atom. The number of rotatable bonds is 5. The van der Waals surface area contributed by atoms with Crippen LogP contribution in [0.2, 0.25) is 0 Å². The van der Waals surface area contributed by atoms with Crippen molar-refractivity contribution in [3.63, 3.8) is 0 Å². The second kappa shape index (κ2) is 9.65. The first-order valence-corrected chi connectivity index (χ1v) is 8.44. The predicted octanol–water partition coefficient (Wildman–Crippen LogP) is 2.31. The minimum atomic E-state index is 0. The van der Waals surface area contributed by atoms with Gasteiger partial charge in [-0.3, -0.25) is 9.69 Å². The van der Waals surface area contributed by atoms with Crippen LogP contribution in [0.4, 0.5) is 0 Å². The standard InChI is InChI=1S/C16H31N3O.ClH/c1-13-6-2-3-8-15(13)18-16(20)12-19-11-5-4-7-14(19)9-10-17;/h13-15H,2-12,17H2,1H3,(H,18,20);1H. The van der Waals surface area contributed by atoms with Crippen LogP contribution in [0.25, 0.3) is 0 Å². The molecule has 5 heteroatoms. The minimum absolute atomic E-state index is 0. The molecule has 0 bridgehead atoms. The summed E-state index contributed by atoms with van der Waals surface area (Å²) in [6, 6.07) is 0.914. The molecular formula is C16H32ClN3O. The maximum Gasteiger partial charge on any atom is 0.234 e. The smallest absolute Gasteiger partial charge is 0.234 e. The highest BCUT2D eigenvalue weighted by molar-refractivity contribution is 5.85. The van der Waals surface area contributed by atoms with Crippen LogP contribution in [0.15, 0.2) is 0 Å². The first-order chi connectivity index (χ1) is 9.70. The number of hydrogen-bond acceptors (Lipinski definition) is 3. The number of carbonyl (C=O) groups excluding carboxylic acids is 1. The summed E-state index contributed by atoms with van der Waals surface area (Å²) in [6.07, 6.45) is 9.70. The van der Waals surface area contributed by atoms with Gasteiger partial charge in [-0.05, 0) is 51.1 Å². The first-order valence-electron chi connectivity index (χ1n) is 8.44. The van der Waals surface area contributed by atoms with Gasteiger partial charge in [-0.1, -0.05) is 26.2 Å². The van der Waals surface area contributed by atoms with E-state index in [0.717, 1.165) is 25.9 Å². The molecule has 0 aromatic heterocycles. The zero-order valence-electron chi connectivity index (χ0n) is 13.4. The molecule has 0 aromatic carbocycles. The Hall–Kier alpha value is -0.320. The number of amides is 1. The summed E-state index contributed by atoms with van der Waals surface area (Å²) in [7, 11) is 0. The van der Waals surface area contributed by atoms with Crippen LogP contribution in [0.1, 0.15) is 58.3 Å². The van der Waals surface area contributed by atoms with Gasteiger partial charge >= 0.3 is 0 Å². The fourth-order valence-electron chi connectivity index (χ4n) is 3.76. The summed E-state index contributed by atoms with van der Waals surface area (Å²) in [6.45, 7) is 4.61. The summed E-state index contributed by atoms with van der Waals surface area (Å²) in [5.74, 6) is 0.849. The number of nitrogens with one attached hydrogen (secondary N) is 1. The van der Waals surface area contributed by atoms with Crippen LogP contribution < -0.4 is 11.1 Å². The van der Waals surface area contributed by atoms with Crippen molar-refractivity contribution in [3.05, 3.63) is 0 Å². The number of nitrogens with two attached hydrogens (primary N) is 1. The first kappa shape index (κ1) is 18.7. The van der Waals surface area contributed by atoms with Gasteiger partial charge in [0.2, 0.25) is 5.91 Å². The molecule has 1 aliphatic carbocycles.